The summed E-state index contributed by atoms with van der Waals surface area (Å²) in [6.45, 7) is 3.08. The number of aromatic nitrogens is 1. The monoisotopic (exact) mass is 256 g/mol. The molecular weight excluding hydrogens is 236 g/mol. The molecule has 0 aromatic carbocycles. The zero-order valence-corrected chi connectivity index (χ0v) is 11.9. The molecule has 1 saturated carbocycles. The van der Waals surface area contributed by atoms with Crippen LogP contribution in [0, 0.1) is 6.92 Å². The Morgan fingerprint density at radius 3 is 3.00 bits per heavy atom. The normalized spacial score (nSPS) is 25.5. The molecule has 90 valence electrons. The van der Waals surface area contributed by atoms with E-state index in [0.717, 1.165) is 17.8 Å². The summed E-state index contributed by atoms with van der Waals surface area (Å²) in [5.41, 5.74) is 1.23. The minimum absolute atomic E-state index is 0.747. The highest BCUT2D eigenvalue weighted by Gasteiger charge is 2.29. The van der Waals surface area contributed by atoms with Crippen LogP contribution in [0.25, 0.3) is 0 Å². The van der Waals surface area contributed by atoms with E-state index >= 15 is 0 Å². The number of aryl methyl sites for hydroxylation is 1. The lowest BCUT2D eigenvalue weighted by Gasteiger charge is -2.28. The van der Waals surface area contributed by atoms with Gasteiger partial charge in [0.2, 0.25) is 0 Å². The summed E-state index contributed by atoms with van der Waals surface area (Å²) in [4.78, 5) is 7.03. The minimum Gasteiger partial charge on any atom is -0.296 e. The molecule has 0 saturated heterocycles. The maximum Gasteiger partial charge on any atom is 0.0897 e. The first-order valence-corrected chi connectivity index (χ1v) is 8.01. The van der Waals surface area contributed by atoms with Crippen molar-refractivity contribution in [3.63, 3.8) is 0 Å². The molecule has 0 bridgehead atoms. The maximum atomic E-state index is 4.54. The summed E-state index contributed by atoms with van der Waals surface area (Å²) in [7, 11) is 2.24. The van der Waals surface area contributed by atoms with Gasteiger partial charge in [-0.05, 0) is 33.1 Å². The number of nitrogens with zero attached hydrogens (tertiary/aromatic N) is 2. The summed E-state index contributed by atoms with van der Waals surface area (Å²) in [5.74, 6) is 0. The number of thioether (sulfide) groups is 1. The lowest BCUT2D eigenvalue weighted by atomic mass is 10.2. The molecule has 0 radical (unpaired) electrons. The van der Waals surface area contributed by atoms with Crippen molar-refractivity contribution in [1.29, 1.82) is 0 Å². The van der Waals surface area contributed by atoms with Gasteiger partial charge < -0.3 is 0 Å². The molecule has 2 unspecified atom stereocenters. The lowest BCUT2D eigenvalue weighted by molar-refractivity contribution is 0.239. The van der Waals surface area contributed by atoms with Gasteiger partial charge in [-0.3, -0.25) is 4.90 Å². The fourth-order valence-electron chi connectivity index (χ4n) is 2.54. The molecule has 2 atom stereocenters. The maximum absolute atomic E-state index is 4.54. The van der Waals surface area contributed by atoms with Gasteiger partial charge in [0.1, 0.15) is 0 Å². The van der Waals surface area contributed by atoms with Crippen LogP contribution in [0.5, 0.6) is 0 Å². The van der Waals surface area contributed by atoms with E-state index in [1.54, 1.807) is 11.3 Å². The molecule has 0 amide bonds. The van der Waals surface area contributed by atoms with Gasteiger partial charge in [0.15, 0.2) is 0 Å². The molecule has 0 N–H and O–H groups in total. The van der Waals surface area contributed by atoms with Crippen LogP contribution in [0.2, 0.25) is 0 Å². The highest BCUT2D eigenvalue weighted by Crippen LogP contribution is 2.32. The van der Waals surface area contributed by atoms with Gasteiger partial charge in [0.25, 0.3) is 0 Å². The molecule has 4 heteroatoms. The molecule has 1 heterocycles. The van der Waals surface area contributed by atoms with Crippen molar-refractivity contribution < 1.29 is 0 Å². The number of thiazole rings is 1. The van der Waals surface area contributed by atoms with Crippen molar-refractivity contribution in [2.24, 2.45) is 0 Å². The largest absolute Gasteiger partial charge is 0.296 e. The van der Waals surface area contributed by atoms with Crippen LogP contribution in [-0.4, -0.2) is 34.5 Å². The number of hydrogen-bond donors (Lipinski definition) is 0. The third-order valence-corrected chi connectivity index (χ3v) is 5.34. The smallest absolute Gasteiger partial charge is 0.0897 e. The van der Waals surface area contributed by atoms with Crippen LogP contribution in [0.1, 0.15) is 30.0 Å². The van der Waals surface area contributed by atoms with Crippen LogP contribution in [0.15, 0.2) is 5.38 Å². The molecule has 0 spiro atoms. The Kier molecular flexibility index (Phi) is 4.27. The van der Waals surface area contributed by atoms with Crippen LogP contribution < -0.4 is 0 Å². The average molecular weight is 256 g/mol. The zero-order chi connectivity index (χ0) is 11.5. The third-order valence-electron chi connectivity index (χ3n) is 3.36. The van der Waals surface area contributed by atoms with E-state index in [2.05, 4.69) is 35.5 Å². The van der Waals surface area contributed by atoms with Crippen molar-refractivity contribution in [2.45, 2.75) is 44.0 Å². The highest BCUT2D eigenvalue weighted by molar-refractivity contribution is 7.99. The summed E-state index contributed by atoms with van der Waals surface area (Å²) in [5, 5.41) is 4.19. The van der Waals surface area contributed by atoms with E-state index in [4.69, 9.17) is 0 Å². The van der Waals surface area contributed by atoms with Gasteiger partial charge in [-0.2, -0.15) is 11.8 Å². The quantitative estimate of drug-likeness (QED) is 0.823. The third kappa shape index (κ3) is 2.79. The molecule has 1 aliphatic carbocycles. The molecule has 1 fully saturated rings. The van der Waals surface area contributed by atoms with Crippen LogP contribution >= 0.6 is 23.1 Å². The van der Waals surface area contributed by atoms with E-state index in [1.807, 2.05) is 11.8 Å². The predicted octanol–water partition coefficient (Wildman–Crippen LogP) is 3.17. The van der Waals surface area contributed by atoms with Crippen molar-refractivity contribution in [2.75, 3.05) is 13.3 Å². The highest BCUT2D eigenvalue weighted by atomic mass is 32.2. The second-order valence-corrected chi connectivity index (χ2v) is 6.68. The van der Waals surface area contributed by atoms with Gasteiger partial charge in [0.05, 0.1) is 10.7 Å². The average Bonchev–Trinajstić information content (AvgIpc) is 2.86. The topological polar surface area (TPSA) is 16.1 Å². The second-order valence-electron chi connectivity index (χ2n) is 4.55. The van der Waals surface area contributed by atoms with Crippen molar-refractivity contribution >= 4 is 23.1 Å². The number of rotatable bonds is 4. The van der Waals surface area contributed by atoms with Crippen molar-refractivity contribution in [3.8, 4) is 0 Å². The lowest BCUT2D eigenvalue weighted by Crippen LogP contribution is -2.35. The predicted molar refractivity (Wildman–Crippen MR) is 73.3 cm³/mol. The summed E-state index contributed by atoms with van der Waals surface area (Å²) in [6, 6.07) is 0.747. The summed E-state index contributed by atoms with van der Waals surface area (Å²) >= 11 is 3.78. The Morgan fingerprint density at radius 1 is 1.56 bits per heavy atom. The first kappa shape index (κ1) is 12.4. The van der Waals surface area contributed by atoms with Crippen molar-refractivity contribution in [1.82, 2.24) is 9.88 Å². The first-order valence-electron chi connectivity index (χ1n) is 5.84. The van der Waals surface area contributed by atoms with Gasteiger partial charge in [-0.25, -0.2) is 4.98 Å². The standard InChI is InChI=1S/C12H20N2S2/c1-9-13-10(8-16-9)7-14(2)11-5-4-6-12(11)15-3/h8,11-12H,4-7H2,1-3H3. The first-order chi connectivity index (χ1) is 7.70. The van der Waals surface area contributed by atoms with Gasteiger partial charge >= 0.3 is 0 Å². The zero-order valence-electron chi connectivity index (χ0n) is 10.3. The Balaban J connectivity index is 1.94. The Morgan fingerprint density at radius 2 is 2.38 bits per heavy atom. The van der Waals surface area contributed by atoms with E-state index in [1.165, 1.54) is 30.0 Å². The van der Waals surface area contributed by atoms with E-state index in [9.17, 15) is 0 Å². The Labute approximate surface area is 106 Å². The minimum atomic E-state index is 0.747. The molecule has 2 rings (SSSR count). The molecule has 1 aliphatic rings. The molecule has 1 aromatic rings. The van der Waals surface area contributed by atoms with Gasteiger partial charge in [-0.15, -0.1) is 11.3 Å². The second kappa shape index (κ2) is 5.52. The van der Waals surface area contributed by atoms with Crippen LogP contribution in [-0.2, 0) is 6.54 Å². The fraction of sp³-hybridized carbons (Fsp3) is 0.750. The Hall–Kier alpha value is -0.0600. The molecule has 16 heavy (non-hydrogen) atoms. The van der Waals surface area contributed by atoms with Crippen LogP contribution in [0.3, 0.4) is 0 Å². The molecule has 2 nitrogen and oxygen atoms in total. The molecule has 1 aromatic heterocycles. The molecule has 0 aliphatic heterocycles. The van der Waals surface area contributed by atoms with Gasteiger partial charge in [-0.1, -0.05) is 6.42 Å². The van der Waals surface area contributed by atoms with Gasteiger partial charge in [0, 0.05) is 23.2 Å². The number of hydrogen-bond acceptors (Lipinski definition) is 4. The Bertz CT molecular complexity index is 338. The molecular formula is C12H20N2S2. The van der Waals surface area contributed by atoms with E-state index in [-0.39, 0.29) is 0 Å². The summed E-state index contributed by atoms with van der Waals surface area (Å²) < 4.78 is 0. The van der Waals surface area contributed by atoms with E-state index in [0.29, 0.717) is 0 Å². The summed E-state index contributed by atoms with van der Waals surface area (Å²) in [6.07, 6.45) is 6.36. The SMILES string of the molecule is CSC1CCCC1N(C)Cc1csc(C)n1. The fourth-order valence-corrected chi connectivity index (χ4v) is 4.20. The van der Waals surface area contributed by atoms with Crippen LogP contribution in [0.4, 0.5) is 0 Å². The van der Waals surface area contributed by atoms with Crippen molar-refractivity contribution in [3.05, 3.63) is 16.1 Å². The van der Waals surface area contributed by atoms with E-state index < -0.39 is 0 Å².